The van der Waals surface area contributed by atoms with Crippen molar-refractivity contribution < 1.29 is 127 Å². The molecule has 1 heterocycles. The highest BCUT2D eigenvalue weighted by Gasteiger charge is 2.56. The molecule has 0 radical (unpaired) electrons. The van der Waals surface area contributed by atoms with Gasteiger partial charge in [0.05, 0.1) is 37.4 Å². The van der Waals surface area contributed by atoms with Crippen molar-refractivity contribution in [3.8, 4) is 0 Å². The number of carboxylic acid groups (broad SMARTS) is 9. The van der Waals surface area contributed by atoms with E-state index in [1.165, 1.54) is 43.9 Å². The summed E-state index contributed by atoms with van der Waals surface area (Å²) in [6, 6.07) is 1.51. The van der Waals surface area contributed by atoms with E-state index in [1.807, 2.05) is 41.5 Å². The van der Waals surface area contributed by atoms with Crippen molar-refractivity contribution in [3.63, 3.8) is 0 Å². The highest BCUT2D eigenvalue weighted by atomic mass is 28.4. The first kappa shape index (κ1) is 89.4. The SMILES string of the molecule is CC(C)(C)[Si]([18F])(c1ccc(C(=O)NCC(CC(=O)CCC(C(=O)O)N2CCN(CC(=O)O)CCN(CC(=O)O)CCN(CC(=O)O)CC2)C(=O)NC(CCCCNC(=O)CCC(=O)CCCCC(NC(=O)CC[C@H](CC(=O)C[C@@H](CCC(=O)O)C(=O)O)C(=O)O)C(=O)O)C(=O)O)cc1)C(C)(C)C. The van der Waals surface area contributed by atoms with E-state index in [2.05, 4.69) is 21.3 Å². The molecule has 0 aromatic heterocycles. The number of amides is 4. The Morgan fingerprint density at radius 3 is 1.32 bits per heavy atom. The van der Waals surface area contributed by atoms with Crippen LogP contribution in [0.2, 0.25) is 10.1 Å². The van der Waals surface area contributed by atoms with Gasteiger partial charge < -0.3 is 71.3 Å². The predicted octanol–water partition coefficient (Wildman–Crippen LogP) is 2.15. The number of nitrogens with one attached hydrogen (secondary N) is 4. The van der Waals surface area contributed by atoms with Crippen LogP contribution in [0.3, 0.4) is 0 Å². The first-order valence-electron chi connectivity index (χ1n) is 34.0. The number of carboxylic acids is 9. The lowest BCUT2D eigenvalue weighted by molar-refractivity contribution is -0.147. The standard InChI is InChI=1S/C67H103FN8O25Si/c1-66(2,3)102(68,67(4,5)6)49-20-14-42(15-21-49)59(90)70-38-45(37-47(78)18-22-52(65(100)101)76-33-31-74(40-57(86)87)29-27-73(39-56(84)85)28-30-75(32-34-76)41-58(88)89)60(91)72-51(64(98)99)13-9-10-26-69-53(80)24-19-46(77)11-7-8-12-50(63(96)97)71-54(81)23-16-43(61(92)93)35-48(79)36-44(62(94)95)17-25-55(82)83/h14-15,20-21,43-45,50-52H,7-13,16-19,22-41H2,1-6H3,(H,69,80)(H,70,90)(H,71,81)(H,72,91)(H,82,83)(H,84,85)(H,86,87)(H,88,89)(H,92,93)(H,94,95)(H,96,97)(H,98,99)(H,100,101)/t43-,44-,45?,50?,51?,52?/m1/s1/i68-1. The number of Topliss-reactive ketones (excluding diaryl/α,β-unsaturated/α-hetero) is 3. The molecule has 35 heteroatoms. The van der Waals surface area contributed by atoms with Crippen LogP contribution in [0.25, 0.3) is 0 Å². The van der Waals surface area contributed by atoms with E-state index in [0.717, 1.165) is 0 Å². The van der Waals surface area contributed by atoms with Gasteiger partial charge in [-0.3, -0.25) is 86.7 Å². The molecule has 4 unspecified atom stereocenters. The molecule has 0 aliphatic carbocycles. The van der Waals surface area contributed by atoms with Gasteiger partial charge in [-0.15, -0.1) is 0 Å². The first-order valence-corrected chi connectivity index (χ1v) is 35.8. The van der Waals surface area contributed by atoms with Crippen LogP contribution < -0.4 is 26.5 Å². The second kappa shape index (κ2) is 44.0. The van der Waals surface area contributed by atoms with Crippen LogP contribution in [-0.2, 0) is 71.9 Å². The Bertz CT molecular complexity index is 3040. The fourth-order valence-electron chi connectivity index (χ4n) is 12.2. The molecule has 6 atom stereocenters. The van der Waals surface area contributed by atoms with Crippen LogP contribution >= 0.6 is 0 Å². The Kier molecular flexibility index (Phi) is 38.5. The molecule has 572 valence electrons. The lowest BCUT2D eigenvalue weighted by Gasteiger charge is -2.44. The van der Waals surface area contributed by atoms with E-state index >= 15 is 4.11 Å². The van der Waals surface area contributed by atoms with Gasteiger partial charge in [0.15, 0.2) is 0 Å². The van der Waals surface area contributed by atoms with Crippen molar-refractivity contribution >= 4 is 108 Å². The molecule has 1 saturated heterocycles. The quantitative estimate of drug-likeness (QED) is 0.0253. The number of halogens is 1. The number of ketones is 3. The molecule has 33 nitrogen and oxygen atoms in total. The number of carbonyl (C=O) groups excluding carboxylic acids is 7. The molecule has 4 amide bonds. The summed E-state index contributed by atoms with van der Waals surface area (Å²) in [5, 5.41) is 96.1. The van der Waals surface area contributed by atoms with Gasteiger partial charge in [0.1, 0.15) is 35.5 Å². The molecule has 1 aromatic carbocycles. The molecule has 1 aliphatic heterocycles. The molecule has 2 rings (SSSR count). The van der Waals surface area contributed by atoms with Crippen molar-refractivity contribution in [2.24, 2.45) is 17.8 Å². The third kappa shape index (κ3) is 33.4. The predicted molar refractivity (Wildman–Crippen MR) is 364 cm³/mol. The van der Waals surface area contributed by atoms with Crippen LogP contribution in [0.1, 0.15) is 167 Å². The van der Waals surface area contributed by atoms with Gasteiger partial charge in [0.2, 0.25) is 17.7 Å². The van der Waals surface area contributed by atoms with Gasteiger partial charge in [0.25, 0.3) is 14.3 Å². The maximum atomic E-state index is 17.2. The molecule has 1 aromatic rings. The van der Waals surface area contributed by atoms with Gasteiger partial charge >= 0.3 is 53.7 Å². The summed E-state index contributed by atoms with van der Waals surface area (Å²) in [4.78, 5) is 206. The molecule has 0 spiro atoms. The third-order valence-electron chi connectivity index (χ3n) is 17.7. The zero-order valence-electron chi connectivity index (χ0n) is 58.9. The summed E-state index contributed by atoms with van der Waals surface area (Å²) in [5.41, 5.74) is 0.0713. The van der Waals surface area contributed by atoms with Crippen LogP contribution in [0.4, 0.5) is 4.11 Å². The number of aliphatic carboxylic acids is 9. The largest absolute Gasteiger partial charge is 0.481 e. The minimum Gasteiger partial charge on any atom is -0.481 e. The lowest BCUT2D eigenvalue weighted by atomic mass is 9.90. The van der Waals surface area contributed by atoms with Gasteiger partial charge in [-0.25, -0.2) is 9.59 Å². The number of carbonyl (C=O) groups is 16. The topological polar surface area (TPSA) is 516 Å². The number of hydrogen-bond donors (Lipinski definition) is 13. The van der Waals surface area contributed by atoms with Crippen molar-refractivity contribution in [1.82, 2.24) is 40.9 Å². The third-order valence-corrected chi connectivity index (χ3v) is 23.0. The zero-order valence-corrected chi connectivity index (χ0v) is 59.9. The highest BCUT2D eigenvalue weighted by Crippen LogP contribution is 2.51. The van der Waals surface area contributed by atoms with Gasteiger partial charge in [0, 0.05) is 129 Å². The fourth-order valence-corrected chi connectivity index (χ4v) is 16.8. The number of benzene rings is 1. The fraction of sp³-hybridized carbons (Fsp3) is 0.672. The van der Waals surface area contributed by atoms with Crippen molar-refractivity contribution in [3.05, 3.63) is 29.8 Å². The summed E-state index contributed by atoms with van der Waals surface area (Å²) >= 11 is 0. The minimum absolute atomic E-state index is 0.0163. The number of nitrogens with zero attached hydrogens (tertiary/aromatic N) is 4. The van der Waals surface area contributed by atoms with Crippen LogP contribution in [0.15, 0.2) is 24.3 Å². The van der Waals surface area contributed by atoms with Crippen LogP contribution in [-0.4, -0.2) is 272 Å². The smallest absolute Gasteiger partial charge is 0.326 e. The van der Waals surface area contributed by atoms with Crippen LogP contribution in [0.5, 0.6) is 0 Å². The summed E-state index contributed by atoms with van der Waals surface area (Å²) in [7, 11) is -3.76. The molecule has 1 fully saturated rings. The molecule has 0 bridgehead atoms. The second-order valence-electron chi connectivity index (χ2n) is 27.8. The second-order valence-corrected chi connectivity index (χ2v) is 32.7. The first-order chi connectivity index (χ1) is 47.5. The Morgan fingerprint density at radius 2 is 0.882 bits per heavy atom. The Hall–Kier alpha value is -8.67. The monoisotopic (exact) mass is 1470 g/mol. The van der Waals surface area contributed by atoms with E-state index in [9.17, 15) is 118 Å². The number of rotatable bonds is 47. The van der Waals surface area contributed by atoms with Crippen molar-refractivity contribution in [2.75, 3.05) is 85.1 Å². The molecule has 13 N–H and O–H groups in total. The maximum absolute atomic E-state index is 17.2. The molecular weight excluding hydrogens is 1360 g/mol. The average molecular weight is 1470 g/mol. The van der Waals surface area contributed by atoms with Gasteiger partial charge in [-0.05, 0) is 78.8 Å². The molecule has 1 aliphatic rings. The molecular formula is C67H103FN8O25Si. The van der Waals surface area contributed by atoms with E-state index < -0.39 is 214 Å². The van der Waals surface area contributed by atoms with E-state index in [4.69, 9.17) is 5.11 Å². The molecule has 0 saturated carbocycles. The maximum Gasteiger partial charge on any atom is 0.326 e. The Balaban J connectivity index is 2.15. The van der Waals surface area contributed by atoms with E-state index in [1.54, 1.807) is 0 Å². The summed E-state index contributed by atoms with van der Waals surface area (Å²) < 4.78 is 17.2. The van der Waals surface area contributed by atoms with Gasteiger partial charge in [-0.1, -0.05) is 60.1 Å². The van der Waals surface area contributed by atoms with Crippen LogP contribution in [0, 0.1) is 17.8 Å². The minimum atomic E-state index is -3.76. The van der Waals surface area contributed by atoms with Crippen molar-refractivity contribution in [2.45, 2.75) is 185 Å². The molecule has 102 heavy (non-hydrogen) atoms. The highest BCUT2D eigenvalue weighted by molar-refractivity contribution is 6.90. The number of unbranched alkanes of at least 4 members (excludes halogenated alkanes) is 2. The Labute approximate surface area is 591 Å². The summed E-state index contributed by atoms with van der Waals surface area (Å²) in [6.07, 6.45) is -4.80. The Morgan fingerprint density at radius 1 is 0.431 bits per heavy atom. The van der Waals surface area contributed by atoms with Crippen molar-refractivity contribution in [1.29, 1.82) is 0 Å². The van der Waals surface area contributed by atoms with Gasteiger partial charge in [-0.2, -0.15) is 0 Å². The lowest BCUT2D eigenvalue weighted by Crippen LogP contribution is -2.57. The zero-order chi connectivity index (χ0) is 77.2. The summed E-state index contributed by atoms with van der Waals surface area (Å²) in [5.74, 6) is -21.2. The number of hydrogen-bond acceptors (Lipinski definition) is 20. The normalized spacial score (nSPS) is 15.8. The average Bonchev–Trinajstić information content (AvgIpc) is 0.748. The van der Waals surface area contributed by atoms with E-state index in [-0.39, 0.29) is 141 Å². The van der Waals surface area contributed by atoms with E-state index in [0.29, 0.717) is 5.19 Å². The summed E-state index contributed by atoms with van der Waals surface area (Å²) in [6.45, 7) is 8.94.